The van der Waals surface area contributed by atoms with Gasteiger partial charge in [-0.1, -0.05) is 78.9 Å². The van der Waals surface area contributed by atoms with E-state index in [0.717, 1.165) is 39.2 Å². The zero-order valence-corrected chi connectivity index (χ0v) is 21.1. The summed E-state index contributed by atoms with van der Waals surface area (Å²) in [5.41, 5.74) is 7.28. The number of nitro benzene ring substituents is 1. The first-order valence-corrected chi connectivity index (χ1v) is 12.2. The monoisotopic (exact) mass is 542 g/mol. The molecule has 4 aromatic carbocycles. The normalized spacial score (nSPS) is 11.1. The topological polar surface area (TPSA) is 47.0 Å². The second-order valence-electron chi connectivity index (χ2n) is 8.65. The summed E-state index contributed by atoms with van der Waals surface area (Å²) in [6, 6.07) is 41.9. The average molecular weight is 542 g/mol. The summed E-state index contributed by atoms with van der Waals surface area (Å²) in [5.74, 6) is 0. The molecule has 1 aromatic heterocycles. The third-order valence-corrected chi connectivity index (χ3v) is 5.85. The molecule has 0 saturated carbocycles. The number of benzene rings is 4. The second kappa shape index (κ2) is 12.7. The maximum Gasteiger partial charge on any atom is 0.673 e. The minimum absolute atomic E-state index is 0.0724. The number of hydrogen-bond donors (Lipinski definition) is 0. The molecule has 0 atom stereocenters. The highest BCUT2D eigenvalue weighted by molar-refractivity contribution is 6.50. The van der Waals surface area contributed by atoms with Crippen LogP contribution in [0.3, 0.4) is 0 Å². The molecule has 0 aliphatic carbocycles. The van der Waals surface area contributed by atoms with Gasteiger partial charge in [-0.3, -0.25) is 10.1 Å². The van der Waals surface area contributed by atoms with E-state index >= 15 is 0 Å². The Hall–Kier alpha value is -5.05. The molecule has 1 heterocycles. The molecule has 4 nitrogen and oxygen atoms in total. The molecule has 9 heteroatoms. The first-order valence-electron chi connectivity index (χ1n) is 12.2. The van der Waals surface area contributed by atoms with Crippen molar-refractivity contribution in [2.75, 3.05) is 0 Å². The maximum atomic E-state index is 11.3. The number of halogens is 4. The first kappa shape index (κ1) is 28.0. The van der Waals surface area contributed by atoms with Crippen LogP contribution in [-0.2, 0) is 0 Å². The van der Waals surface area contributed by atoms with Crippen molar-refractivity contribution in [2.24, 2.45) is 0 Å². The van der Waals surface area contributed by atoms with Gasteiger partial charge in [0, 0.05) is 41.5 Å². The molecule has 0 aliphatic heterocycles. The summed E-state index contributed by atoms with van der Waals surface area (Å²) in [6.45, 7) is 0. The maximum absolute atomic E-state index is 11.3. The zero-order valence-electron chi connectivity index (χ0n) is 21.1. The van der Waals surface area contributed by atoms with Gasteiger partial charge >= 0.3 is 7.25 Å². The molecule has 0 bridgehead atoms. The highest BCUT2D eigenvalue weighted by atomic mass is 19.5. The van der Waals surface area contributed by atoms with E-state index < -0.39 is 7.25 Å². The molecule has 5 aromatic rings. The van der Waals surface area contributed by atoms with Gasteiger partial charge in [-0.25, -0.2) is 0 Å². The van der Waals surface area contributed by atoms with Gasteiger partial charge in [-0.15, -0.1) is 0 Å². The SMILES string of the molecule is F[B-](F)(F)F.O=[N+]([O-])c1cccc(/C=C/[n+]2c(-c3ccccc3)cc(-c3ccccc3)cc2-c2ccccc2)c1. The van der Waals surface area contributed by atoms with Gasteiger partial charge in [-0.2, -0.15) is 4.57 Å². The lowest BCUT2D eigenvalue weighted by Gasteiger charge is -2.10. The molecule has 0 unspecified atom stereocenters. The van der Waals surface area contributed by atoms with Crippen LogP contribution in [-0.4, -0.2) is 12.2 Å². The Kier molecular flexibility index (Phi) is 8.86. The lowest BCUT2D eigenvalue weighted by atomic mass is 9.99. The van der Waals surface area contributed by atoms with Crippen LogP contribution < -0.4 is 4.57 Å². The molecule has 200 valence electrons. The smallest absolute Gasteiger partial charge is 0.418 e. The minimum Gasteiger partial charge on any atom is -0.418 e. The zero-order chi connectivity index (χ0) is 28.5. The van der Waals surface area contributed by atoms with Crippen molar-refractivity contribution >= 4 is 25.2 Å². The number of rotatable bonds is 6. The Labute approximate surface area is 228 Å². The van der Waals surface area contributed by atoms with Crippen LogP contribution in [0.15, 0.2) is 127 Å². The van der Waals surface area contributed by atoms with Crippen molar-refractivity contribution in [1.29, 1.82) is 0 Å². The molecule has 0 N–H and O–H groups in total. The highest BCUT2D eigenvalue weighted by Crippen LogP contribution is 2.29. The van der Waals surface area contributed by atoms with Crippen molar-refractivity contribution in [3.63, 3.8) is 0 Å². The molecular formula is C31H23BF4N2O2. The molecule has 0 saturated heterocycles. The van der Waals surface area contributed by atoms with Gasteiger partial charge in [-0.05, 0) is 41.0 Å². The number of hydrogen-bond acceptors (Lipinski definition) is 2. The number of aromatic nitrogens is 1. The quantitative estimate of drug-likeness (QED) is 0.0708. The van der Waals surface area contributed by atoms with Gasteiger partial charge < -0.3 is 17.3 Å². The van der Waals surface area contributed by atoms with Crippen molar-refractivity contribution in [3.8, 4) is 33.6 Å². The number of nitro groups is 1. The largest absolute Gasteiger partial charge is 0.673 e. The van der Waals surface area contributed by atoms with E-state index in [4.69, 9.17) is 0 Å². The van der Waals surface area contributed by atoms with E-state index in [9.17, 15) is 27.4 Å². The molecule has 40 heavy (non-hydrogen) atoms. The van der Waals surface area contributed by atoms with Crippen LogP contribution in [0.2, 0.25) is 0 Å². The van der Waals surface area contributed by atoms with Crippen molar-refractivity contribution < 1.29 is 26.8 Å². The van der Waals surface area contributed by atoms with E-state index in [2.05, 4.69) is 53.1 Å². The summed E-state index contributed by atoms with van der Waals surface area (Å²) >= 11 is 0. The lowest BCUT2D eigenvalue weighted by Crippen LogP contribution is -2.32. The Bertz CT molecular complexity index is 1550. The van der Waals surface area contributed by atoms with E-state index in [1.807, 2.05) is 72.9 Å². The van der Waals surface area contributed by atoms with Gasteiger partial charge in [0.1, 0.15) is 0 Å². The average Bonchev–Trinajstić information content (AvgIpc) is 2.96. The fourth-order valence-electron chi connectivity index (χ4n) is 4.13. The molecule has 0 spiro atoms. The lowest BCUT2D eigenvalue weighted by molar-refractivity contribution is -0.543. The van der Waals surface area contributed by atoms with Crippen LogP contribution in [0.4, 0.5) is 23.0 Å². The summed E-state index contributed by atoms with van der Waals surface area (Å²) in [4.78, 5) is 10.9. The third kappa shape index (κ3) is 7.74. The number of nitrogens with zero attached hydrogens (tertiary/aromatic N) is 2. The second-order valence-corrected chi connectivity index (χ2v) is 8.65. The van der Waals surface area contributed by atoms with Gasteiger partial charge in [0.25, 0.3) is 5.69 Å². The van der Waals surface area contributed by atoms with Crippen LogP contribution in [0.5, 0.6) is 0 Å². The molecule has 0 fully saturated rings. The standard InChI is InChI=1S/C31H23N2O2.BF4/c34-33(35)29-18-10-11-24(21-29)19-20-32-30(26-14-6-2-7-15-26)22-28(25-12-4-1-5-13-25)23-31(32)27-16-8-3-9-17-27;2-1(3,4)5/h1-23H;/q+1;-1/b20-19+;. The fraction of sp³-hybridized carbons (Fsp3) is 0. The van der Waals surface area contributed by atoms with Gasteiger partial charge in [0.15, 0.2) is 6.20 Å². The predicted molar refractivity (Wildman–Crippen MR) is 151 cm³/mol. The Morgan fingerprint density at radius 3 is 1.50 bits per heavy atom. The van der Waals surface area contributed by atoms with E-state index in [0.29, 0.717) is 0 Å². The molecule has 0 aliphatic rings. The van der Waals surface area contributed by atoms with Crippen molar-refractivity contribution in [3.05, 3.63) is 143 Å². The highest BCUT2D eigenvalue weighted by Gasteiger charge is 2.22. The Morgan fingerprint density at radius 2 is 1.05 bits per heavy atom. The van der Waals surface area contributed by atoms with Crippen molar-refractivity contribution in [2.45, 2.75) is 0 Å². The predicted octanol–water partition coefficient (Wildman–Crippen LogP) is 8.81. The van der Waals surface area contributed by atoms with Crippen LogP contribution in [0.1, 0.15) is 5.56 Å². The van der Waals surface area contributed by atoms with Crippen molar-refractivity contribution in [1.82, 2.24) is 0 Å². The number of non-ortho nitro benzene ring substituents is 1. The van der Waals surface area contributed by atoms with Crippen LogP contribution >= 0.6 is 0 Å². The van der Waals surface area contributed by atoms with Crippen LogP contribution in [0, 0.1) is 10.1 Å². The molecular weight excluding hydrogens is 519 g/mol. The molecule has 0 amide bonds. The Morgan fingerprint density at radius 1 is 0.600 bits per heavy atom. The molecule has 0 radical (unpaired) electrons. The van der Waals surface area contributed by atoms with E-state index in [1.165, 1.54) is 6.07 Å². The van der Waals surface area contributed by atoms with E-state index in [1.54, 1.807) is 12.1 Å². The summed E-state index contributed by atoms with van der Waals surface area (Å²) < 4.78 is 41.1. The fourth-order valence-corrected chi connectivity index (χ4v) is 4.13. The van der Waals surface area contributed by atoms with Crippen LogP contribution in [0.25, 0.3) is 45.9 Å². The molecule has 5 rings (SSSR count). The van der Waals surface area contributed by atoms with E-state index in [-0.39, 0.29) is 10.6 Å². The Balaban J connectivity index is 0.000000681. The summed E-state index contributed by atoms with van der Waals surface area (Å²) in [5, 5.41) is 11.3. The van der Waals surface area contributed by atoms with Gasteiger partial charge in [0.2, 0.25) is 11.4 Å². The summed E-state index contributed by atoms with van der Waals surface area (Å²) in [7, 11) is -6.00. The summed E-state index contributed by atoms with van der Waals surface area (Å²) in [6.07, 6.45) is 3.90. The first-order chi connectivity index (χ1) is 19.2. The number of pyridine rings is 1. The minimum atomic E-state index is -6.00. The third-order valence-electron chi connectivity index (χ3n) is 5.85. The van der Waals surface area contributed by atoms with Gasteiger partial charge in [0.05, 0.1) is 4.92 Å².